The number of thioether (sulfide) groups is 1. The smallest absolute Gasteiger partial charge is 0.233 e. The molecule has 1 aliphatic heterocycles. The zero-order valence-corrected chi connectivity index (χ0v) is 16.2. The lowest BCUT2D eigenvalue weighted by atomic mass is 10.1. The lowest BCUT2D eigenvalue weighted by molar-refractivity contribution is -0.128. The first-order valence-corrected chi connectivity index (χ1v) is 9.94. The zero-order valence-electron chi connectivity index (χ0n) is 15.4. The third kappa shape index (κ3) is 3.25. The Hall–Kier alpha value is -2.60. The second-order valence-electron chi connectivity index (χ2n) is 6.72. The predicted molar refractivity (Wildman–Crippen MR) is 108 cm³/mol. The number of rotatable bonds is 5. The van der Waals surface area contributed by atoms with Crippen LogP contribution < -0.4 is 4.74 Å². The van der Waals surface area contributed by atoms with Crippen molar-refractivity contribution in [3.63, 3.8) is 0 Å². The lowest BCUT2D eigenvalue weighted by Crippen LogP contribution is -2.30. The number of hydrogen-bond donors (Lipinski definition) is 1. The molecule has 1 aromatic heterocycles. The average Bonchev–Trinajstić information content (AvgIpc) is 3.21. The van der Waals surface area contributed by atoms with E-state index in [0.717, 1.165) is 5.56 Å². The average molecular weight is 382 g/mol. The summed E-state index contributed by atoms with van der Waals surface area (Å²) in [6, 6.07) is 13.6. The van der Waals surface area contributed by atoms with Crippen molar-refractivity contribution in [1.29, 1.82) is 0 Å². The Labute approximate surface area is 162 Å². The van der Waals surface area contributed by atoms with Gasteiger partial charge in [-0.25, -0.2) is 0 Å². The van der Waals surface area contributed by atoms with Crippen LogP contribution in [0.4, 0.5) is 0 Å². The van der Waals surface area contributed by atoms with E-state index in [1.807, 2.05) is 36.2 Å². The molecule has 1 amide bonds. The van der Waals surface area contributed by atoms with Crippen LogP contribution in [0.5, 0.6) is 11.5 Å². The minimum atomic E-state index is 0.0302. The fourth-order valence-electron chi connectivity index (χ4n) is 3.65. The Morgan fingerprint density at radius 1 is 1.26 bits per heavy atom. The maximum absolute atomic E-state index is 12.5. The molecule has 2 heterocycles. The van der Waals surface area contributed by atoms with Gasteiger partial charge in [0.25, 0.3) is 0 Å². The molecule has 2 aromatic carbocycles. The Kier molecular flexibility index (Phi) is 4.74. The molecule has 0 bridgehead atoms. The van der Waals surface area contributed by atoms with E-state index in [0.29, 0.717) is 24.5 Å². The number of benzene rings is 2. The SMILES string of the molecule is COc1cc(CCN2C(=O)CSC2c2cn(C)c3ccccc23)ccc1O. The third-order valence-corrected chi connectivity index (χ3v) is 6.29. The van der Waals surface area contributed by atoms with Gasteiger partial charge in [0.2, 0.25) is 5.91 Å². The van der Waals surface area contributed by atoms with E-state index >= 15 is 0 Å². The summed E-state index contributed by atoms with van der Waals surface area (Å²) >= 11 is 1.68. The Balaban J connectivity index is 1.58. The molecule has 0 spiro atoms. The van der Waals surface area contributed by atoms with Crippen molar-refractivity contribution in [2.75, 3.05) is 19.4 Å². The van der Waals surface area contributed by atoms with Gasteiger partial charge in [-0.3, -0.25) is 4.79 Å². The number of fused-ring (bicyclic) bond motifs is 1. The molecule has 0 saturated carbocycles. The standard InChI is InChI=1S/C21H22N2O3S/c1-22-12-16(15-5-3-4-6-17(15)22)21-23(20(25)13-27-21)10-9-14-7-8-18(24)19(11-14)26-2/h3-8,11-12,21,24H,9-10,13H2,1-2H3. The van der Waals surface area contributed by atoms with Gasteiger partial charge in [-0.15, -0.1) is 11.8 Å². The fourth-order valence-corrected chi connectivity index (χ4v) is 4.89. The number of aromatic nitrogens is 1. The van der Waals surface area contributed by atoms with E-state index in [1.165, 1.54) is 23.6 Å². The summed E-state index contributed by atoms with van der Waals surface area (Å²) in [6.45, 7) is 0.633. The summed E-state index contributed by atoms with van der Waals surface area (Å²) in [5.41, 5.74) is 3.40. The number of carbonyl (C=O) groups is 1. The third-order valence-electron chi connectivity index (χ3n) is 5.05. The van der Waals surface area contributed by atoms with Gasteiger partial charge in [0, 0.05) is 36.3 Å². The van der Waals surface area contributed by atoms with E-state index in [9.17, 15) is 9.90 Å². The minimum Gasteiger partial charge on any atom is -0.504 e. The van der Waals surface area contributed by atoms with Crippen LogP contribution in [-0.2, 0) is 18.3 Å². The predicted octanol–water partition coefficient (Wildman–Crippen LogP) is 3.71. The molecule has 6 heteroatoms. The van der Waals surface area contributed by atoms with E-state index in [1.54, 1.807) is 17.8 Å². The number of para-hydroxylation sites is 1. The van der Waals surface area contributed by atoms with Crippen LogP contribution in [0.15, 0.2) is 48.7 Å². The van der Waals surface area contributed by atoms with Crippen LogP contribution in [0.2, 0.25) is 0 Å². The molecule has 1 saturated heterocycles. The molecular formula is C21H22N2O3S. The van der Waals surface area contributed by atoms with Crippen molar-refractivity contribution in [2.24, 2.45) is 7.05 Å². The van der Waals surface area contributed by atoms with Crippen molar-refractivity contribution >= 4 is 28.6 Å². The minimum absolute atomic E-state index is 0.0302. The van der Waals surface area contributed by atoms with Gasteiger partial charge in [0.1, 0.15) is 5.37 Å². The molecule has 4 rings (SSSR count). The maximum Gasteiger partial charge on any atom is 0.233 e. The van der Waals surface area contributed by atoms with E-state index in [2.05, 4.69) is 22.9 Å². The normalized spacial score (nSPS) is 17.0. The lowest BCUT2D eigenvalue weighted by Gasteiger charge is -2.24. The molecule has 5 nitrogen and oxygen atoms in total. The van der Waals surface area contributed by atoms with Crippen molar-refractivity contribution in [2.45, 2.75) is 11.8 Å². The summed E-state index contributed by atoms with van der Waals surface area (Å²) < 4.78 is 7.30. The molecule has 1 unspecified atom stereocenters. The molecule has 0 aliphatic carbocycles. The Morgan fingerprint density at radius 2 is 2.07 bits per heavy atom. The van der Waals surface area contributed by atoms with Crippen molar-refractivity contribution in [3.05, 3.63) is 59.8 Å². The summed E-state index contributed by atoms with van der Waals surface area (Å²) in [4.78, 5) is 14.5. The highest BCUT2D eigenvalue weighted by molar-refractivity contribution is 8.00. The van der Waals surface area contributed by atoms with Gasteiger partial charge in [0.05, 0.1) is 12.9 Å². The number of aromatic hydroxyl groups is 1. The molecule has 1 aliphatic rings. The zero-order chi connectivity index (χ0) is 19.0. The highest BCUT2D eigenvalue weighted by Crippen LogP contribution is 2.42. The number of phenols is 1. The van der Waals surface area contributed by atoms with Crippen LogP contribution in [-0.4, -0.2) is 39.9 Å². The number of nitrogens with zero attached hydrogens (tertiary/aromatic N) is 2. The van der Waals surface area contributed by atoms with Crippen LogP contribution in [0.3, 0.4) is 0 Å². The summed E-state index contributed by atoms with van der Waals surface area (Å²) in [7, 11) is 3.58. The van der Waals surface area contributed by atoms with Crippen molar-refractivity contribution in [3.8, 4) is 11.5 Å². The van der Waals surface area contributed by atoms with E-state index in [-0.39, 0.29) is 17.0 Å². The van der Waals surface area contributed by atoms with Gasteiger partial charge in [-0.2, -0.15) is 0 Å². The second kappa shape index (κ2) is 7.19. The number of carbonyl (C=O) groups excluding carboxylic acids is 1. The first kappa shape index (κ1) is 17.8. The molecule has 1 N–H and O–H groups in total. The number of methoxy groups -OCH3 is 1. The highest BCUT2D eigenvalue weighted by Gasteiger charge is 2.34. The molecule has 3 aromatic rings. The van der Waals surface area contributed by atoms with Gasteiger partial charge in [-0.05, 0) is 30.2 Å². The van der Waals surface area contributed by atoms with Crippen LogP contribution in [0, 0.1) is 0 Å². The highest BCUT2D eigenvalue weighted by atomic mass is 32.2. The Bertz CT molecular complexity index is 998. The number of hydrogen-bond acceptors (Lipinski definition) is 4. The van der Waals surface area contributed by atoms with Gasteiger partial charge in [0.15, 0.2) is 11.5 Å². The monoisotopic (exact) mass is 382 g/mol. The van der Waals surface area contributed by atoms with Crippen molar-refractivity contribution in [1.82, 2.24) is 9.47 Å². The molecule has 0 radical (unpaired) electrons. The van der Waals surface area contributed by atoms with Crippen molar-refractivity contribution < 1.29 is 14.6 Å². The van der Waals surface area contributed by atoms with E-state index < -0.39 is 0 Å². The first-order chi connectivity index (χ1) is 13.1. The van der Waals surface area contributed by atoms with E-state index in [4.69, 9.17) is 4.74 Å². The Morgan fingerprint density at radius 3 is 2.89 bits per heavy atom. The van der Waals surface area contributed by atoms with Crippen LogP contribution in [0.25, 0.3) is 10.9 Å². The second-order valence-corrected chi connectivity index (χ2v) is 7.79. The number of phenolic OH excluding ortho intramolecular Hbond substituents is 1. The number of aryl methyl sites for hydroxylation is 1. The topological polar surface area (TPSA) is 54.7 Å². The molecule has 1 atom stereocenters. The summed E-state index contributed by atoms with van der Waals surface area (Å²) in [5, 5.41) is 11.0. The summed E-state index contributed by atoms with van der Waals surface area (Å²) in [6.07, 6.45) is 2.85. The quantitative estimate of drug-likeness (QED) is 0.731. The summed E-state index contributed by atoms with van der Waals surface area (Å²) in [5.74, 6) is 1.26. The molecule has 1 fully saturated rings. The van der Waals surface area contributed by atoms with Crippen LogP contribution in [0.1, 0.15) is 16.5 Å². The van der Waals surface area contributed by atoms with Gasteiger partial charge in [-0.1, -0.05) is 24.3 Å². The van der Waals surface area contributed by atoms with Crippen LogP contribution >= 0.6 is 11.8 Å². The number of amides is 1. The molecule has 140 valence electrons. The molecular weight excluding hydrogens is 360 g/mol. The number of ether oxygens (including phenoxy) is 1. The maximum atomic E-state index is 12.5. The first-order valence-electron chi connectivity index (χ1n) is 8.89. The fraction of sp³-hybridized carbons (Fsp3) is 0.286. The van der Waals surface area contributed by atoms with Gasteiger partial charge >= 0.3 is 0 Å². The van der Waals surface area contributed by atoms with Gasteiger partial charge < -0.3 is 19.3 Å². The molecule has 27 heavy (non-hydrogen) atoms. The largest absolute Gasteiger partial charge is 0.504 e.